The number of nitrogens with zero attached hydrogens (tertiary/aromatic N) is 2. The lowest BCUT2D eigenvalue weighted by Crippen LogP contribution is -2.09. The van der Waals surface area contributed by atoms with Crippen molar-refractivity contribution in [3.05, 3.63) is 175 Å². The van der Waals surface area contributed by atoms with Crippen LogP contribution in [0.15, 0.2) is 158 Å². The second-order valence-corrected chi connectivity index (χ2v) is 9.70. The topological polar surface area (TPSA) is 6.48 Å². The Hall–Kier alpha value is -5.21. The van der Waals surface area contributed by atoms with Gasteiger partial charge in [0.1, 0.15) is 0 Å². The number of benzene rings is 6. The van der Waals surface area contributed by atoms with E-state index in [2.05, 4.69) is 174 Å². The molecule has 6 aromatic rings. The van der Waals surface area contributed by atoms with Crippen molar-refractivity contribution >= 4 is 34.1 Å². The van der Waals surface area contributed by atoms with Crippen molar-refractivity contribution in [2.24, 2.45) is 0 Å². The van der Waals surface area contributed by atoms with E-state index < -0.39 is 0 Å². The predicted octanol–water partition coefficient (Wildman–Crippen LogP) is 10.2. The molecule has 0 aromatic heterocycles. The Morgan fingerprint density at radius 1 is 0.308 bits per heavy atom. The molecule has 0 unspecified atom stereocenters. The summed E-state index contributed by atoms with van der Waals surface area (Å²) in [6, 6.07) is 55.8. The van der Waals surface area contributed by atoms with Crippen LogP contribution in [0.5, 0.6) is 0 Å². The Kier molecular flexibility index (Phi) is 5.84. The van der Waals surface area contributed by atoms with Gasteiger partial charge in [0.25, 0.3) is 0 Å². The van der Waals surface area contributed by atoms with E-state index in [1.54, 1.807) is 0 Å². The Labute approximate surface area is 230 Å². The summed E-state index contributed by atoms with van der Waals surface area (Å²) >= 11 is 0. The third-order valence-corrected chi connectivity index (χ3v) is 7.25. The number of anilines is 6. The van der Waals surface area contributed by atoms with Gasteiger partial charge in [-0.25, -0.2) is 0 Å². The second-order valence-electron chi connectivity index (χ2n) is 9.70. The summed E-state index contributed by atoms with van der Waals surface area (Å²) in [5.74, 6) is 0. The minimum Gasteiger partial charge on any atom is -0.304 e. The van der Waals surface area contributed by atoms with Crippen molar-refractivity contribution in [3.63, 3.8) is 0 Å². The zero-order chi connectivity index (χ0) is 26.0. The minimum absolute atomic E-state index is 1.14. The van der Waals surface area contributed by atoms with E-state index in [-0.39, 0.29) is 0 Å². The van der Waals surface area contributed by atoms with Crippen LogP contribution in [0.1, 0.15) is 11.1 Å². The van der Waals surface area contributed by atoms with Gasteiger partial charge in [0, 0.05) is 41.3 Å². The van der Waals surface area contributed by atoms with Gasteiger partial charge in [0.05, 0.1) is 33.6 Å². The molecule has 39 heavy (non-hydrogen) atoms. The van der Waals surface area contributed by atoms with Crippen molar-refractivity contribution in [2.45, 2.75) is 0 Å². The highest BCUT2D eigenvalue weighted by Crippen LogP contribution is 2.45. The Morgan fingerprint density at radius 3 is 0.923 bits per heavy atom. The lowest BCUT2D eigenvalue weighted by Gasteiger charge is -2.24. The van der Waals surface area contributed by atoms with Crippen molar-refractivity contribution in [1.82, 2.24) is 0 Å². The molecule has 2 heteroatoms. The summed E-state index contributed by atoms with van der Waals surface area (Å²) in [6.45, 7) is 0. The van der Waals surface area contributed by atoms with Crippen LogP contribution in [0, 0.1) is 6.42 Å². The van der Waals surface area contributed by atoms with Crippen LogP contribution in [0.4, 0.5) is 34.1 Å². The molecule has 184 valence electrons. The van der Waals surface area contributed by atoms with Crippen molar-refractivity contribution in [2.75, 3.05) is 9.80 Å². The highest BCUT2D eigenvalue weighted by Gasteiger charge is 2.29. The van der Waals surface area contributed by atoms with E-state index in [1.165, 1.54) is 22.3 Å². The molecule has 1 aliphatic rings. The zero-order valence-corrected chi connectivity index (χ0v) is 21.5. The summed E-state index contributed by atoms with van der Waals surface area (Å²) in [7, 11) is 0. The van der Waals surface area contributed by atoms with Crippen LogP contribution in [-0.2, 0) is 0 Å². The van der Waals surface area contributed by atoms with Crippen LogP contribution >= 0.6 is 0 Å². The third kappa shape index (κ3) is 4.32. The molecule has 1 aliphatic carbocycles. The van der Waals surface area contributed by atoms with Gasteiger partial charge in [0.2, 0.25) is 0 Å². The fraction of sp³-hybridized carbons (Fsp3) is 0. The van der Waals surface area contributed by atoms with Crippen LogP contribution in [0.25, 0.3) is 11.1 Å². The quantitative estimate of drug-likeness (QED) is 0.210. The van der Waals surface area contributed by atoms with Crippen molar-refractivity contribution in [1.29, 1.82) is 0 Å². The van der Waals surface area contributed by atoms with Gasteiger partial charge in [0.15, 0.2) is 0 Å². The molecule has 0 saturated carbocycles. The Morgan fingerprint density at radius 2 is 0.615 bits per heavy atom. The molecule has 0 spiro atoms. The number of rotatable bonds is 6. The SMILES string of the molecule is c1ccc(N(c2ccccc2)c2ccc3c(c2)[CH+]c2cc(N(c4ccccc4)c4ccccc4)ccc2-3)cc1. The lowest BCUT2D eigenvalue weighted by atomic mass is 10.0. The van der Waals surface area contributed by atoms with Crippen LogP contribution < -0.4 is 9.80 Å². The summed E-state index contributed by atoms with van der Waals surface area (Å²) < 4.78 is 0. The van der Waals surface area contributed by atoms with Crippen molar-refractivity contribution < 1.29 is 0 Å². The number of fused-ring (bicyclic) bond motifs is 3. The first kappa shape index (κ1) is 22.9. The monoisotopic (exact) mass is 499 g/mol. The van der Waals surface area contributed by atoms with Crippen LogP contribution in [0.3, 0.4) is 0 Å². The minimum atomic E-state index is 1.14. The van der Waals surface area contributed by atoms with E-state index >= 15 is 0 Å². The summed E-state index contributed by atoms with van der Waals surface area (Å²) in [4.78, 5) is 4.63. The maximum atomic E-state index is 2.32. The fourth-order valence-corrected chi connectivity index (χ4v) is 5.48. The van der Waals surface area contributed by atoms with E-state index in [4.69, 9.17) is 0 Å². The number of hydrogen-bond donors (Lipinski definition) is 0. The zero-order valence-electron chi connectivity index (χ0n) is 21.5. The lowest BCUT2D eigenvalue weighted by molar-refractivity contribution is 1.28. The van der Waals surface area contributed by atoms with Crippen LogP contribution in [0.2, 0.25) is 0 Å². The normalized spacial score (nSPS) is 11.3. The van der Waals surface area contributed by atoms with Crippen molar-refractivity contribution in [3.8, 4) is 11.1 Å². The molecule has 6 aromatic carbocycles. The Balaban J connectivity index is 1.27. The molecule has 0 radical (unpaired) electrons. The van der Waals surface area contributed by atoms with E-state index in [0.717, 1.165) is 34.1 Å². The molecular weight excluding hydrogens is 472 g/mol. The largest absolute Gasteiger partial charge is 0.304 e. The molecule has 0 heterocycles. The summed E-state index contributed by atoms with van der Waals surface area (Å²) in [5, 5.41) is 0. The molecule has 0 N–H and O–H groups in total. The fourth-order valence-electron chi connectivity index (χ4n) is 5.48. The van der Waals surface area contributed by atoms with Gasteiger partial charge in [-0.3, -0.25) is 0 Å². The van der Waals surface area contributed by atoms with E-state index in [1.807, 2.05) is 0 Å². The standard InChI is InChI=1S/C37H27N2/c1-5-13-30(14-6-1)38(31-15-7-2-8-16-31)34-21-23-36-28(26-34)25-29-27-35(22-24-37(29)36)39(32-17-9-3-10-18-32)33-19-11-4-12-20-33/h1-27H/q+1. The van der Waals surface area contributed by atoms with Gasteiger partial charge in [-0.05, 0) is 72.8 Å². The van der Waals surface area contributed by atoms with Gasteiger partial charge in [-0.15, -0.1) is 0 Å². The molecule has 2 nitrogen and oxygen atoms in total. The maximum Gasteiger partial charge on any atom is 0.0907 e. The highest BCUT2D eigenvalue weighted by molar-refractivity contribution is 5.88. The van der Waals surface area contributed by atoms with E-state index in [9.17, 15) is 0 Å². The highest BCUT2D eigenvalue weighted by atomic mass is 15.1. The average Bonchev–Trinajstić information content (AvgIpc) is 3.37. The molecule has 0 saturated heterocycles. The molecule has 0 amide bonds. The summed E-state index contributed by atoms with van der Waals surface area (Å²) in [5.41, 5.74) is 11.9. The number of para-hydroxylation sites is 4. The average molecular weight is 500 g/mol. The van der Waals surface area contributed by atoms with Gasteiger partial charge in [-0.2, -0.15) is 0 Å². The third-order valence-electron chi connectivity index (χ3n) is 7.25. The Bertz CT molecular complexity index is 1500. The molecule has 0 aliphatic heterocycles. The van der Waals surface area contributed by atoms with Gasteiger partial charge in [-0.1, -0.05) is 72.8 Å². The maximum absolute atomic E-state index is 2.32. The first-order chi connectivity index (χ1) is 19.3. The first-order valence-corrected chi connectivity index (χ1v) is 13.3. The van der Waals surface area contributed by atoms with E-state index in [0.29, 0.717) is 0 Å². The van der Waals surface area contributed by atoms with Gasteiger partial charge >= 0.3 is 0 Å². The molecule has 0 fully saturated rings. The summed E-state index contributed by atoms with van der Waals surface area (Å²) in [6.07, 6.45) is 2.32. The molecular formula is C37H27N2+. The first-order valence-electron chi connectivity index (χ1n) is 13.3. The molecule has 0 atom stereocenters. The molecule has 7 rings (SSSR count). The number of hydrogen-bond acceptors (Lipinski definition) is 2. The predicted molar refractivity (Wildman–Crippen MR) is 164 cm³/mol. The molecule has 0 bridgehead atoms. The van der Waals surface area contributed by atoms with Gasteiger partial charge < -0.3 is 9.80 Å². The smallest absolute Gasteiger partial charge is 0.0907 e. The second kappa shape index (κ2) is 9.92. The van der Waals surface area contributed by atoms with Crippen LogP contribution in [-0.4, -0.2) is 0 Å².